The van der Waals surface area contributed by atoms with Crippen LogP contribution in [0.3, 0.4) is 0 Å². The van der Waals surface area contributed by atoms with E-state index in [1.807, 2.05) is 12.1 Å². The molecular weight excluding hydrogens is 246 g/mol. The zero-order chi connectivity index (χ0) is 13.2. The molecule has 0 spiro atoms. The zero-order valence-corrected chi connectivity index (χ0v) is 11.8. The molecule has 0 saturated heterocycles. The molecule has 18 heavy (non-hydrogen) atoms. The molecule has 2 rings (SSSR count). The average molecular weight is 267 g/mol. The fourth-order valence-electron chi connectivity index (χ4n) is 2.26. The van der Waals surface area contributed by atoms with Crippen LogP contribution in [0.25, 0.3) is 0 Å². The van der Waals surface area contributed by atoms with Gasteiger partial charge in [-0.1, -0.05) is 26.0 Å². The van der Waals surface area contributed by atoms with Crippen molar-refractivity contribution < 1.29 is 8.42 Å². The van der Waals surface area contributed by atoms with Gasteiger partial charge in [0.05, 0.1) is 16.3 Å². The molecule has 0 aliphatic heterocycles. The summed E-state index contributed by atoms with van der Waals surface area (Å²) in [5.74, 6) is 0.860. The molecule has 0 bridgehead atoms. The van der Waals surface area contributed by atoms with E-state index in [-0.39, 0.29) is 5.75 Å². The normalized spacial score (nSPS) is 17.4. The maximum atomic E-state index is 12.0. The molecule has 1 saturated carbocycles. The molecule has 1 aromatic carbocycles. The zero-order valence-electron chi connectivity index (χ0n) is 11.0. The first-order chi connectivity index (χ1) is 8.58. The average Bonchev–Trinajstić information content (AvgIpc) is 3.20. The van der Waals surface area contributed by atoms with Crippen LogP contribution in [0.5, 0.6) is 0 Å². The van der Waals surface area contributed by atoms with Crippen molar-refractivity contribution in [2.45, 2.75) is 44.0 Å². The van der Waals surface area contributed by atoms with E-state index < -0.39 is 9.84 Å². The van der Waals surface area contributed by atoms with Crippen LogP contribution in [0.4, 0.5) is 5.69 Å². The van der Waals surface area contributed by atoms with E-state index in [1.165, 1.54) is 12.8 Å². The Morgan fingerprint density at radius 2 is 1.94 bits per heavy atom. The van der Waals surface area contributed by atoms with Crippen molar-refractivity contribution >= 4 is 15.5 Å². The quantitative estimate of drug-likeness (QED) is 0.861. The molecule has 4 heteroatoms. The second-order valence-corrected chi connectivity index (χ2v) is 7.14. The lowest BCUT2D eigenvalue weighted by atomic mass is 10.1. The highest BCUT2D eigenvalue weighted by molar-refractivity contribution is 7.91. The number of hydrogen-bond acceptors (Lipinski definition) is 3. The number of benzene rings is 1. The van der Waals surface area contributed by atoms with Crippen LogP contribution in [-0.2, 0) is 9.84 Å². The first-order valence-electron chi connectivity index (χ1n) is 6.66. The molecule has 1 fully saturated rings. The first kappa shape index (κ1) is 13.4. The third kappa shape index (κ3) is 2.86. The molecule has 0 heterocycles. The van der Waals surface area contributed by atoms with Crippen molar-refractivity contribution in [3.05, 3.63) is 24.3 Å². The van der Waals surface area contributed by atoms with Gasteiger partial charge in [0.25, 0.3) is 0 Å². The predicted octanol–water partition coefficient (Wildman–Crippen LogP) is 3.08. The number of nitrogens with one attached hydrogen (secondary N) is 1. The summed E-state index contributed by atoms with van der Waals surface area (Å²) in [4.78, 5) is 0.437. The van der Waals surface area contributed by atoms with Gasteiger partial charge < -0.3 is 5.32 Å². The molecular formula is C14H21NO2S. The monoisotopic (exact) mass is 267 g/mol. The highest BCUT2D eigenvalue weighted by Gasteiger charge is 2.30. The SMILES string of the molecule is CCC(Nc1ccccc1S(=O)(=O)CC)C1CC1. The third-order valence-corrected chi connectivity index (χ3v) is 5.36. The topological polar surface area (TPSA) is 46.2 Å². The van der Waals surface area contributed by atoms with Gasteiger partial charge in [0.15, 0.2) is 9.84 Å². The van der Waals surface area contributed by atoms with Crippen molar-refractivity contribution in [2.75, 3.05) is 11.1 Å². The van der Waals surface area contributed by atoms with Gasteiger partial charge in [0, 0.05) is 6.04 Å². The van der Waals surface area contributed by atoms with Crippen molar-refractivity contribution in [1.29, 1.82) is 0 Å². The van der Waals surface area contributed by atoms with Gasteiger partial charge in [-0.3, -0.25) is 0 Å². The molecule has 1 aromatic rings. The lowest BCUT2D eigenvalue weighted by Gasteiger charge is -2.19. The highest BCUT2D eigenvalue weighted by atomic mass is 32.2. The Kier molecular flexibility index (Phi) is 3.95. The minimum atomic E-state index is -3.15. The van der Waals surface area contributed by atoms with Crippen molar-refractivity contribution in [3.8, 4) is 0 Å². The number of hydrogen-bond donors (Lipinski definition) is 1. The molecule has 1 unspecified atom stereocenters. The van der Waals surface area contributed by atoms with Gasteiger partial charge >= 0.3 is 0 Å². The summed E-state index contributed by atoms with van der Waals surface area (Å²) in [6.07, 6.45) is 3.55. The van der Waals surface area contributed by atoms with E-state index in [9.17, 15) is 8.42 Å². The van der Waals surface area contributed by atoms with Crippen LogP contribution < -0.4 is 5.32 Å². The maximum absolute atomic E-state index is 12.0. The van der Waals surface area contributed by atoms with Crippen LogP contribution in [-0.4, -0.2) is 20.2 Å². The van der Waals surface area contributed by atoms with Gasteiger partial charge in [-0.05, 0) is 37.3 Å². The van der Waals surface area contributed by atoms with Gasteiger partial charge in [0.2, 0.25) is 0 Å². The van der Waals surface area contributed by atoms with Crippen molar-refractivity contribution in [1.82, 2.24) is 0 Å². The Morgan fingerprint density at radius 3 is 2.50 bits per heavy atom. The molecule has 0 radical (unpaired) electrons. The van der Waals surface area contributed by atoms with Crippen LogP contribution in [0.15, 0.2) is 29.2 Å². The second kappa shape index (κ2) is 5.31. The predicted molar refractivity (Wildman–Crippen MR) is 74.6 cm³/mol. The summed E-state index contributed by atoms with van der Waals surface area (Å²) in [6.45, 7) is 3.83. The van der Waals surface area contributed by atoms with Crippen LogP contribution in [0, 0.1) is 5.92 Å². The van der Waals surface area contributed by atoms with E-state index in [2.05, 4.69) is 12.2 Å². The smallest absolute Gasteiger partial charge is 0.180 e. The highest BCUT2D eigenvalue weighted by Crippen LogP contribution is 2.36. The molecule has 0 aromatic heterocycles. The van der Waals surface area contributed by atoms with Crippen LogP contribution in [0.2, 0.25) is 0 Å². The van der Waals surface area contributed by atoms with E-state index in [1.54, 1.807) is 19.1 Å². The minimum absolute atomic E-state index is 0.145. The molecule has 1 N–H and O–H groups in total. The van der Waals surface area contributed by atoms with Crippen LogP contribution in [0.1, 0.15) is 33.1 Å². The summed E-state index contributed by atoms with van der Waals surface area (Å²) in [5, 5.41) is 3.42. The van der Waals surface area contributed by atoms with E-state index in [0.29, 0.717) is 16.9 Å². The first-order valence-corrected chi connectivity index (χ1v) is 8.32. The summed E-state index contributed by atoms with van der Waals surface area (Å²) in [6, 6.07) is 7.63. The minimum Gasteiger partial charge on any atom is -0.381 e. The third-order valence-electron chi connectivity index (χ3n) is 3.57. The van der Waals surface area contributed by atoms with Crippen molar-refractivity contribution in [3.63, 3.8) is 0 Å². The molecule has 1 aliphatic rings. The molecule has 0 amide bonds. The van der Waals surface area contributed by atoms with Crippen molar-refractivity contribution in [2.24, 2.45) is 5.92 Å². The molecule has 1 aliphatic carbocycles. The van der Waals surface area contributed by atoms with E-state index >= 15 is 0 Å². The van der Waals surface area contributed by atoms with E-state index in [4.69, 9.17) is 0 Å². The largest absolute Gasteiger partial charge is 0.381 e. The lowest BCUT2D eigenvalue weighted by Crippen LogP contribution is -2.22. The Labute approximate surface area is 110 Å². The number of rotatable bonds is 6. The maximum Gasteiger partial charge on any atom is 0.180 e. The van der Waals surface area contributed by atoms with Gasteiger partial charge in [-0.25, -0.2) is 8.42 Å². The fraction of sp³-hybridized carbons (Fsp3) is 0.571. The molecule has 100 valence electrons. The summed E-state index contributed by atoms with van der Waals surface area (Å²) >= 11 is 0. The summed E-state index contributed by atoms with van der Waals surface area (Å²) < 4.78 is 24.1. The summed E-state index contributed by atoms with van der Waals surface area (Å²) in [5.41, 5.74) is 0.762. The van der Waals surface area contributed by atoms with E-state index in [0.717, 1.165) is 12.1 Å². The fourth-order valence-corrected chi connectivity index (χ4v) is 3.32. The molecule has 3 nitrogen and oxygen atoms in total. The van der Waals surface area contributed by atoms with Gasteiger partial charge in [-0.2, -0.15) is 0 Å². The molecule has 1 atom stereocenters. The van der Waals surface area contributed by atoms with Crippen LogP contribution >= 0.6 is 0 Å². The Hall–Kier alpha value is -1.03. The Balaban J connectivity index is 2.27. The lowest BCUT2D eigenvalue weighted by molar-refractivity contribution is 0.594. The second-order valence-electron chi connectivity index (χ2n) is 4.90. The number of sulfone groups is 1. The van der Waals surface area contributed by atoms with Gasteiger partial charge in [0.1, 0.15) is 0 Å². The number of anilines is 1. The Bertz CT molecular complexity index is 506. The standard InChI is InChI=1S/C14H21NO2S/c1-3-12(11-9-10-11)15-13-7-5-6-8-14(13)18(16,17)4-2/h5-8,11-12,15H,3-4,9-10H2,1-2H3. The summed E-state index contributed by atoms with van der Waals surface area (Å²) in [7, 11) is -3.15. The number of para-hydroxylation sites is 1. The Morgan fingerprint density at radius 1 is 1.28 bits per heavy atom. The van der Waals surface area contributed by atoms with Gasteiger partial charge in [-0.15, -0.1) is 0 Å².